The molecule has 0 aromatic carbocycles. The second-order valence-electron chi connectivity index (χ2n) is 1.67. The monoisotopic (exact) mass is 209 g/mol. The lowest BCUT2D eigenvalue weighted by molar-refractivity contribution is -0.445. The number of thioether (sulfide) groups is 1. The van der Waals surface area contributed by atoms with Crippen LogP contribution in [-0.2, 0) is 0 Å². The molecule has 0 aromatic rings. The maximum absolute atomic E-state index is 9.80. The zero-order valence-electron chi connectivity index (χ0n) is 7.51. The highest BCUT2D eigenvalue weighted by atomic mass is 32.2. The Bertz CT molecular complexity index is 196. The summed E-state index contributed by atoms with van der Waals surface area (Å²) < 4.78 is 0. The predicted octanol–water partition coefficient (Wildman–Crippen LogP) is 0.537. The SMILES string of the molecule is CNC(=C[N+](=O)[O-])SC.C[N+](=O)[O-]. The van der Waals surface area contributed by atoms with Gasteiger partial charge < -0.3 is 5.32 Å². The van der Waals surface area contributed by atoms with E-state index in [-0.39, 0.29) is 0 Å². The standard InChI is InChI=1S/C4H8N2O2S.CH3NO2/c1-5-4(9-2)3-6(7)8;1-2(3)4/h3,5H,1-2H3;1H3. The van der Waals surface area contributed by atoms with Crippen molar-refractivity contribution in [2.45, 2.75) is 0 Å². The normalized spacial score (nSPS) is 9.62. The molecular formula is C5H11N3O4S. The molecule has 0 atom stereocenters. The summed E-state index contributed by atoms with van der Waals surface area (Å²) >= 11 is 1.31. The quantitative estimate of drug-likeness (QED) is 0.538. The van der Waals surface area contributed by atoms with Gasteiger partial charge in [-0.1, -0.05) is 0 Å². The maximum atomic E-state index is 9.80. The molecule has 0 aliphatic carbocycles. The van der Waals surface area contributed by atoms with Gasteiger partial charge >= 0.3 is 0 Å². The molecule has 13 heavy (non-hydrogen) atoms. The first-order valence-corrected chi connectivity index (χ1v) is 4.31. The first-order chi connectivity index (χ1) is 5.93. The predicted molar refractivity (Wildman–Crippen MR) is 50.6 cm³/mol. The number of nitrogens with zero attached hydrogens (tertiary/aromatic N) is 2. The number of hydrogen-bond donors (Lipinski definition) is 1. The Morgan fingerprint density at radius 3 is 1.92 bits per heavy atom. The summed E-state index contributed by atoms with van der Waals surface area (Å²) in [5.41, 5.74) is 0. The Balaban J connectivity index is 0. The summed E-state index contributed by atoms with van der Waals surface area (Å²) in [5, 5.41) is 21.8. The van der Waals surface area contributed by atoms with Crippen molar-refractivity contribution in [2.75, 3.05) is 20.4 Å². The van der Waals surface area contributed by atoms with Crippen LogP contribution in [0.5, 0.6) is 0 Å². The van der Waals surface area contributed by atoms with Gasteiger partial charge in [-0.2, -0.15) is 0 Å². The van der Waals surface area contributed by atoms with E-state index in [1.807, 2.05) is 0 Å². The van der Waals surface area contributed by atoms with E-state index in [1.54, 1.807) is 13.3 Å². The van der Waals surface area contributed by atoms with Crippen LogP contribution in [0.1, 0.15) is 0 Å². The summed E-state index contributed by atoms with van der Waals surface area (Å²) in [6, 6.07) is 0. The molecule has 0 unspecified atom stereocenters. The van der Waals surface area contributed by atoms with E-state index in [2.05, 4.69) is 5.32 Å². The van der Waals surface area contributed by atoms with Crippen molar-refractivity contribution in [1.29, 1.82) is 0 Å². The number of nitro groups is 2. The van der Waals surface area contributed by atoms with Crippen LogP contribution in [0.2, 0.25) is 0 Å². The van der Waals surface area contributed by atoms with Crippen molar-refractivity contribution in [2.24, 2.45) is 0 Å². The van der Waals surface area contributed by atoms with Crippen molar-refractivity contribution >= 4 is 11.8 Å². The van der Waals surface area contributed by atoms with Crippen molar-refractivity contribution in [1.82, 2.24) is 5.32 Å². The molecule has 0 bridgehead atoms. The van der Waals surface area contributed by atoms with Crippen molar-refractivity contribution < 1.29 is 9.85 Å². The third-order valence-corrected chi connectivity index (χ3v) is 1.44. The van der Waals surface area contributed by atoms with Crippen molar-refractivity contribution in [3.8, 4) is 0 Å². The van der Waals surface area contributed by atoms with Gasteiger partial charge in [0.15, 0.2) is 7.05 Å². The van der Waals surface area contributed by atoms with Gasteiger partial charge in [-0.25, -0.2) is 0 Å². The molecule has 7 nitrogen and oxygen atoms in total. The topological polar surface area (TPSA) is 98.3 Å². The van der Waals surface area contributed by atoms with Crippen LogP contribution in [-0.4, -0.2) is 30.2 Å². The summed E-state index contributed by atoms with van der Waals surface area (Å²) in [6.45, 7) is 0. The minimum absolute atomic E-state index is 0.484. The highest BCUT2D eigenvalue weighted by Crippen LogP contribution is 2.04. The molecule has 0 aliphatic rings. The second kappa shape index (κ2) is 8.78. The Morgan fingerprint density at radius 2 is 1.85 bits per heavy atom. The number of rotatable bonds is 3. The van der Waals surface area contributed by atoms with E-state index < -0.39 is 9.85 Å². The van der Waals surface area contributed by atoms with Gasteiger partial charge in [-0.15, -0.1) is 11.8 Å². The van der Waals surface area contributed by atoms with E-state index in [1.165, 1.54) is 11.8 Å². The first kappa shape index (κ1) is 14.2. The van der Waals surface area contributed by atoms with Crippen LogP contribution >= 0.6 is 11.8 Å². The molecule has 0 fully saturated rings. The maximum Gasteiger partial charge on any atom is 0.263 e. The number of nitrogens with one attached hydrogen (secondary N) is 1. The van der Waals surface area contributed by atoms with Gasteiger partial charge in [0, 0.05) is 12.0 Å². The molecule has 0 saturated carbocycles. The third kappa shape index (κ3) is 18.0. The van der Waals surface area contributed by atoms with Gasteiger partial charge in [0.2, 0.25) is 0 Å². The molecule has 76 valence electrons. The van der Waals surface area contributed by atoms with Crippen molar-refractivity contribution in [3.05, 3.63) is 31.5 Å². The minimum atomic E-state index is -0.500. The first-order valence-electron chi connectivity index (χ1n) is 3.09. The fourth-order valence-electron chi connectivity index (χ4n) is 0.315. The van der Waals surface area contributed by atoms with E-state index >= 15 is 0 Å². The van der Waals surface area contributed by atoms with E-state index in [9.17, 15) is 10.1 Å². The Labute approximate surface area is 79.5 Å². The van der Waals surface area contributed by atoms with Crippen LogP contribution < -0.4 is 5.32 Å². The molecule has 0 heterocycles. The molecule has 0 amide bonds. The smallest absolute Gasteiger partial charge is 0.263 e. The molecule has 0 aliphatic heterocycles. The van der Waals surface area contributed by atoms with Crippen LogP contribution in [0.25, 0.3) is 0 Å². The average molecular weight is 209 g/mol. The summed E-state index contributed by atoms with van der Waals surface area (Å²) in [5.74, 6) is 0. The van der Waals surface area contributed by atoms with Gasteiger partial charge in [0.05, 0.1) is 4.92 Å². The number of hydrogen-bond acceptors (Lipinski definition) is 6. The summed E-state index contributed by atoms with van der Waals surface area (Å²) in [4.78, 5) is 17.6. The second-order valence-corrected chi connectivity index (χ2v) is 2.52. The highest BCUT2D eigenvalue weighted by Gasteiger charge is 1.94. The average Bonchev–Trinajstić information content (AvgIpc) is 1.98. The van der Waals surface area contributed by atoms with E-state index in [4.69, 9.17) is 10.1 Å². The fourth-order valence-corrected chi connectivity index (χ4v) is 0.711. The molecule has 0 rings (SSSR count). The Kier molecular flexibility index (Phi) is 9.61. The summed E-state index contributed by atoms with van der Waals surface area (Å²) in [6.07, 6.45) is 2.70. The van der Waals surface area contributed by atoms with Crippen LogP contribution in [0.4, 0.5) is 0 Å². The van der Waals surface area contributed by atoms with Gasteiger partial charge in [0.25, 0.3) is 6.20 Å². The van der Waals surface area contributed by atoms with E-state index in [0.717, 1.165) is 13.2 Å². The zero-order valence-corrected chi connectivity index (χ0v) is 8.33. The lowest BCUT2D eigenvalue weighted by atomic mass is 10.9. The molecule has 1 N–H and O–H groups in total. The van der Waals surface area contributed by atoms with Gasteiger partial charge in [-0.3, -0.25) is 20.2 Å². The van der Waals surface area contributed by atoms with E-state index in [0.29, 0.717) is 5.03 Å². The lowest BCUT2D eigenvalue weighted by Crippen LogP contribution is -2.03. The summed E-state index contributed by atoms with van der Waals surface area (Å²) in [7, 11) is 2.53. The zero-order chi connectivity index (χ0) is 10.9. The molecule has 0 radical (unpaired) electrons. The minimum Gasteiger partial charge on any atom is -0.378 e. The van der Waals surface area contributed by atoms with Crippen molar-refractivity contribution in [3.63, 3.8) is 0 Å². The highest BCUT2D eigenvalue weighted by molar-refractivity contribution is 8.02. The lowest BCUT2D eigenvalue weighted by Gasteiger charge is -1.94. The molecule has 8 heteroatoms. The Hall–Kier alpha value is -1.31. The van der Waals surface area contributed by atoms with Crippen LogP contribution in [0.15, 0.2) is 11.2 Å². The van der Waals surface area contributed by atoms with Crippen LogP contribution in [0, 0.1) is 20.2 Å². The molecule has 0 spiro atoms. The largest absolute Gasteiger partial charge is 0.378 e. The molecule has 0 aromatic heterocycles. The molecular weight excluding hydrogens is 198 g/mol. The third-order valence-electron chi connectivity index (χ3n) is 0.689. The molecule has 0 saturated heterocycles. The van der Waals surface area contributed by atoms with Gasteiger partial charge in [0.1, 0.15) is 5.03 Å². The Morgan fingerprint density at radius 1 is 1.46 bits per heavy atom. The van der Waals surface area contributed by atoms with Gasteiger partial charge in [-0.05, 0) is 6.26 Å². The fraction of sp³-hybridized carbons (Fsp3) is 0.600. The van der Waals surface area contributed by atoms with Crippen LogP contribution in [0.3, 0.4) is 0 Å².